The van der Waals surface area contributed by atoms with Gasteiger partial charge in [-0.1, -0.05) is 11.3 Å². The fourth-order valence-electron chi connectivity index (χ4n) is 1.98. The third-order valence-corrected chi connectivity index (χ3v) is 4.03. The maximum atomic E-state index is 12.0. The molecule has 0 atom stereocenters. The van der Waals surface area contributed by atoms with Gasteiger partial charge in [0.2, 0.25) is 5.91 Å². The smallest absolute Gasteiger partial charge is 0.307 e. The van der Waals surface area contributed by atoms with Crippen LogP contribution in [-0.4, -0.2) is 32.6 Å². The molecule has 0 fully saturated rings. The van der Waals surface area contributed by atoms with Crippen molar-refractivity contribution in [2.75, 3.05) is 7.05 Å². The maximum absolute atomic E-state index is 12.0. The average Bonchev–Trinajstić information content (AvgIpc) is 3.02. The van der Waals surface area contributed by atoms with E-state index in [2.05, 4.69) is 10.2 Å². The summed E-state index contributed by atoms with van der Waals surface area (Å²) in [6.07, 6.45) is 4.60. The molecule has 0 aliphatic carbocycles. The van der Waals surface area contributed by atoms with Crippen LogP contribution in [0.2, 0.25) is 0 Å². The van der Waals surface area contributed by atoms with Crippen molar-refractivity contribution in [1.82, 2.24) is 19.7 Å². The highest BCUT2D eigenvalue weighted by Crippen LogP contribution is 2.06. The van der Waals surface area contributed by atoms with E-state index in [1.54, 1.807) is 28.9 Å². The predicted molar refractivity (Wildman–Crippen MR) is 77.6 cm³/mol. The van der Waals surface area contributed by atoms with Gasteiger partial charge in [-0.25, -0.2) is 0 Å². The van der Waals surface area contributed by atoms with Crippen LogP contribution in [0.1, 0.15) is 24.1 Å². The summed E-state index contributed by atoms with van der Waals surface area (Å²) >= 11 is 1.20. The van der Waals surface area contributed by atoms with Gasteiger partial charge in [0.25, 0.3) is 0 Å². The Bertz CT molecular complexity index is 615. The molecule has 7 heteroatoms. The van der Waals surface area contributed by atoms with Gasteiger partial charge in [0.05, 0.1) is 6.20 Å². The third kappa shape index (κ3) is 3.57. The van der Waals surface area contributed by atoms with Crippen molar-refractivity contribution in [2.45, 2.75) is 32.9 Å². The first-order valence-corrected chi connectivity index (χ1v) is 7.32. The van der Waals surface area contributed by atoms with Gasteiger partial charge in [-0.3, -0.25) is 14.7 Å². The molecule has 0 saturated carbocycles. The Morgan fingerprint density at radius 3 is 2.95 bits per heavy atom. The predicted octanol–water partition coefficient (Wildman–Crippen LogP) is 1.38. The van der Waals surface area contributed by atoms with Gasteiger partial charge in [-0.15, -0.1) is 0 Å². The van der Waals surface area contributed by atoms with E-state index in [1.807, 2.05) is 12.3 Å². The Morgan fingerprint density at radius 1 is 1.55 bits per heavy atom. The van der Waals surface area contributed by atoms with Crippen molar-refractivity contribution in [2.24, 2.45) is 0 Å². The number of carbonyl (C=O) groups excluding carboxylic acids is 1. The highest BCUT2D eigenvalue weighted by molar-refractivity contribution is 7.07. The number of hydrogen-bond acceptors (Lipinski definition) is 4. The minimum absolute atomic E-state index is 0.0432. The molecule has 0 saturated heterocycles. The number of carbonyl (C=O) groups is 1. The molecule has 2 rings (SSSR count). The monoisotopic (exact) mass is 294 g/mol. The van der Waals surface area contributed by atoms with Gasteiger partial charge < -0.3 is 9.47 Å². The van der Waals surface area contributed by atoms with Gasteiger partial charge in [0.1, 0.15) is 0 Å². The molecule has 2 heterocycles. The molecule has 2 aromatic rings. The number of aromatic nitrogens is 3. The molecule has 0 spiro atoms. The summed E-state index contributed by atoms with van der Waals surface area (Å²) < 4.78 is 1.72. The van der Waals surface area contributed by atoms with Gasteiger partial charge >= 0.3 is 4.87 Å². The Labute approximate surface area is 121 Å². The largest absolute Gasteiger partial charge is 0.341 e. The molecule has 108 valence electrons. The van der Waals surface area contributed by atoms with E-state index < -0.39 is 0 Å². The molecule has 0 unspecified atom stereocenters. The fraction of sp³-hybridized carbons (Fsp3) is 0.462. The molecule has 0 aliphatic rings. The SMILES string of the molecule is Cc1csc(=O)n1CCCC(=O)N(C)Cc1cn[nH]c1. The second-order valence-electron chi connectivity index (χ2n) is 4.75. The van der Waals surface area contributed by atoms with E-state index in [0.717, 1.165) is 11.3 Å². The number of amides is 1. The van der Waals surface area contributed by atoms with E-state index in [-0.39, 0.29) is 10.8 Å². The summed E-state index contributed by atoms with van der Waals surface area (Å²) in [7, 11) is 1.78. The second-order valence-corrected chi connectivity index (χ2v) is 5.58. The van der Waals surface area contributed by atoms with Crippen LogP contribution >= 0.6 is 11.3 Å². The van der Waals surface area contributed by atoms with Gasteiger partial charge in [0, 0.05) is 49.4 Å². The molecule has 0 aromatic carbocycles. The van der Waals surface area contributed by atoms with Crippen molar-refractivity contribution in [3.05, 3.63) is 38.7 Å². The minimum atomic E-state index is 0.0432. The number of hydrogen-bond donors (Lipinski definition) is 1. The quantitative estimate of drug-likeness (QED) is 0.875. The number of thiazole rings is 1. The molecule has 0 radical (unpaired) electrons. The second kappa shape index (κ2) is 6.51. The zero-order chi connectivity index (χ0) is 14.5. The van der Waals surface area contributed by atoms with Gasteiger partial charge in [0.15, 0.2) is 0 Å². The number of aryl methyl sites for hydroxylation is 1. The number of nitrogens with zero attached hydrogens (tertiary/aromatic N) is 3. The highest BCUT2D eigenvalue weighted by atomic mass is 32.1. The normalized spacial score (nSPS) is 10.7. The van der Waals surface area contributed by atoms with Crippen LogP contribution in [0.15, 0.2) is 22.6 Å². The van der Waals surface area contributed by atoms with Crippen LogP contribution < -0.4 is 4.87 Å². The lowest BCUT2D eigenvalue weighted by Gasteiger charge is -2.16. The lowest BCUT2D eigenvalue weighted by Crippen LogP contribution is -2.26. The number of nitrogens with one attached hydrogen (secondary N) is 1. The molecule has 2 aromatic heterocycles. The topological polar surface area (TPSA) is 71.0 Å². The number of aromatic amines is 1. The van der Waals surface area contributed by atoms with E-state index in [1.165, 1.54) is 11.3 Å². The van der Waals surface area contributed by atoms with E-state index >= 15 is 0 Å². The summed E-state index contributed by atoms with van der Waals surface area (Å²) in [5, 5.41) is 8.42. The summed E-state index contributed by atoms with van der Waals surface area (Å²) in [6, 6.07) is 0. The number of H-pyrrole nitrogens is 1. The van der Waals surface area contributed by atoms with Crippen LogP contribution in [0, 0.1) is 6.92 Å². The molecular formula is C13H18N4O2S. The highest BCUT2D eigenvalue weighted by Gasteiger charge is 2.10. The zero-order valence-electron chi connectivity index (χ0n) is 11.6. The van der Waals surface area contributed by atoms with Crippen molar-refractivity contribution >= 4 is 17.2 Å². The molecule has 1 amide bonds. The lowest BCUT2D eigenvalue weighted by atomic mass is 10.2. The van der Waals surface area contributed by atoms with Crippen LogP contribution in [-0.2, 0) is 17.9 Å². The molecule has 0 aliphatic heterocycles. The first kappa shape index (κ1) is 14.5. The standard InChI is InChI=1S/C13H18N4O2S/c1-10-9-20-13(19)17(10)5-3-4-12(18)16(2)8-11-6-14-15-7-11/h6-7,9H,3-5,8H2,1-2H3,(H,14,15). The first-order chi connectivity index (χ1) is 9.58. The van der Waals surface area contributed by atoms with Crippen molar-refractivity contribution < 1.29 is 4.79 Å². The summed E-state index contributed by atoms with van der Waals surface area (Å²) in [4.78, 5) is 25.2. The average molecular weight is 294 g/mol. The zero-order valence-corrected chi connectivity index (χ0v) is 12.4. The Morgan fingerprint density at radius 2 is 2.35 bits per heavy atom. The Kier molecular flexibility index (Phi) is 4.73. The maximum Gasteiger partial charge on any atom is 0.307 e. The molecule has 0 bridgehead atoms. The Balaban J connectivity index is 1.79. The van der Waals surface area contributed by atoms with Crippen molar-refractivity contribution in [3.8, 4) is 0 Å². The molecule has 1 N–H and O–H groups in total. The van der Waals surface area contributed by atoms with Crippen molar-refractivity contribution in [1.29, 1.82) is 0 Å². The lowest BCUT2D eigenvalue weighted by molar-refractivity contribution is -0.130. The van der Waals surface area contributed by atoms with E-state index in [0.29, 0.717) is 25.9 Å². The fourth-order valence-corrected chi connectivity index (χ4v) is 2.74. The Hall–Kier alpha value is -1.89. The van der Waals surface area contributed by atoms with Gasteiger partial charge in [-0.2, -0.15) is 5.10 Å². The van der Waals surface area contributed by atoms with Crippen LogP contribution in [0.25, 0.3) is 0 Å². The summed E-state index contributed by atoms with van der Waals surface area (Å²) in [6.45, 7) is 3.05. The molecule has 20 heavy (non-hydrogen) atoms. The van der Waals surface area contributed by atoms with Crippen LogP contribution in [0.5, 0.6) is 0 Å². The summed E-state index contributed by atoms with van der Waals surface area (Å²) in [5.41, 5.74) is 1.94. The van der Waals surface area contributed by atoms with Crippen molar-refractivity contribution in [3.63, 3.8) is 0 Å². The molecular weight excluding hydrogens is 276 g/mol. The summed E-state index contributed by atoms with van der Waals surface area (Å²) in [5.74, 6) is 0.0760. The van der Waals surface area contributed by atoms with E-state index in [4.69, 9.17) is 0 Å². The first-order valence-electron chi connectivity index (χ1n) is 6.44. The van der Waals surface area contributed by atoms with E-state index in [9.17, 15) is 9.59 Å². The minimum Gasteiger partial charge on any atom is -0.341 e. The van der Waals surface area contributed by atoms with Crippen LogP contribution in [0.3, 0.4) is 0 Å². The number of rotatable bonds is 6. The van der Waals surface area contributed by atoms with Gasteiger partial charge in [-0.05, 0) is 13.3 Å². The third-order valence-electron chi connectivity index (χ3n) is 3.15. The van der Waals surface area contributed by atoms with Crippen LogP contribution in [0.4, 0.5) is 0 Å². The molecule has 6 nitrogen and oxygen atoms in total.